The Morgan fingerprint density at radius 2 is 2.05 bits per heavy atom. The number of nitrogens with zero attached hydrogens (tertiary/aromatic N) is 4. The lowest BCUT2D eigenvalue weighted by Crippen LogP contribution is -2.10. The third kappa shape index (κ3) is 2.51. The SMILES string of the molecule is Cc1nc(C)c(C)c(NCCc2cn3ccsc3n2)n1. The Morgan fingerprint density at radius 3 is 2.85 bits per heavy atom. The molecule has 0 aromatic carbocycles. The summed E-state index contributed by atoms with van der Waals surface area (Å²) in [4.78, 5) is 14.4. The van der Waals surface area contributed by atoms with Gasteiger partial charge in [0.2, 0.25) is 0 Å². The molecule has 0 amide bonds. The van der Waals surface area contributed by atoms with Crippen LogP contribution in [0.2, 0.25) is 0 Å². The Kier molecular flexibility index (Phi) is 3.40. The molecule has 3 rings (SSSR count). The number of aromatic nitrogens is 4. The molecule has 3 aromatic rings. The summed E-state index contributed by atoms with van der Waals surface area (Å²) in [5.41, 5.74) is 3.24. The van der Waals surface area contributed by atoms with E-state index in [1.54, 1.807) is 11.3 Å². The first-order valence-corrected chi connectivity index (χ1v) is 7.48. The topological polar surface area (TPSA) is 55.1 Å². The normalized spacial score (nSPS) is 11.2. The van der Waals surface area contributed by atoms with Crippen molar-refractivity contribution in [1.82, 2.24) is 19.4 Å². The molecule has 0 atom stereocenters. The zero-order valence-electron chi connectivity index (χ0n) is 11.8. The number of aryl methyl sites for hydroxylation is 2. The molecule has 104 valence electrons. The molecule has 6 heteroatoms. The van der Waals surface area contributed by atoms with Crippen molar-refractivity contribution in [3.05, 3.63) is 40.5 Å². The van der Waals surface area contributed by atoms with Crippen molar-refractivity contribution in [3.63, 3.8) is 0 Å². The summed E-state index contributed by atoms with van der Waals surface area (Å²) in [7, 11) is 0. The van der Waals surface area contributed by atoms with Crippen LogP contribution in [0.15, 0.2) is 17.8 Å². The van der Waals surface area contributed by atoms with Gasteiger partial charge in [-0.2, -0.15) is 0 Å². The van der Waals surface area contributed by atoms with Crippen LogP contribution in [0.5, 0.6) is 0 Å². The van der Waals surface area contributed by atoms with E-state index in [1.165, 1.54) is 0 Å². The fraction of sp³-hybridized carbons (Fsp3) is 0.357. The van der Waals surface area contributed by atoms with Gasteiger partial charge in [0.25, 0.3) is 0 Å². The molecule has 3 heterocycles. The maximum Gasteiger partial charge on any atom is 0.193 e. The standard InChI is InChI=1S/C14H17N5S/c1-9-10(2)16-11(3)17-13(9)15-5-4-12-8-19-6-7-20-14(19)18-12/h6-8H,4-5H2,1-3H3,(H,15,16,17). The minimum Gasteiger partial charge on any atom is -0.369 e. The molecule has 0 fully saturated rings. The monoisotopic (exact) mass is 287 g/mol. The lowest BCUT2D eigenvalue weighted by molar-refractivity contribution is 0.936. The van der Waals surface area contributed by atoms with E-state index >= 15 is 0 Å². The van der Waals surface area contributed by atoms with Crippen molar-refractivity contribution >= 4 is 22.1 Å². The lowest BCUT2D eigenvalue weighted by Gasteiger charge is -2.10. The van der Waals surface area contributed by atoms with Gasteiger partial charge < -0.3 is 5.32 Å². The summed E-state index contributed by atoms with van der Waals surface area (Å²) in [6, 6.07) is 0. The minimum atomic E-state index is 0.804. The van der Waals surface area contributed by atoms with Crippen molar-refractivity contribution in [2.24, 2.45) is 0 Å². The average molecular weight is 287 g/mol. The number of hydrogen-bond donors (Lipinski definition) is 1. The van der Waals surface area contributed by atoms with Crippen molar-refractivity contribution in [2.75, 3.05) is 11.9 Å². The zero-order valence-corrected chi connectivity index (χ0v) is 12.7. The van der Waals surface area contributed by atoms with Crippen LogP contribution < -0.4 is 5.32 Å². The summed E-state index contributed by atoms with van der Waals surface area (Å²) in [5, 5.41) is 5.42. The van der Waals surface area contributed by atoms with Crippen molar-refractivity contribution in [2.45, 2.75) is 27.2 Å². The Morgan fingerprint density at radius 1 is 1.20 bits per heavy atom. The van der Waals surface area contributed by atoms with Crippen molar-refractivity contribution < 1.29 is 0 Å². The Balaban J connectivity index is 1.66. The molecular weight excluding hydrogens is 270 g/mol. The minimum absolute atomic E-state index is 0.804. The van der Waals surface area contributed by atoms with Gasteiger partial charge in [-0.15, -0.1) is 11.3 Å². The number of imidazole rings is 1. The van der Waals surface area contributed by atoms with Crippen LogP contribution in [0.1, 0.15) is 22.8 Å². The molecule has 0 bridgehead atoms. The summed E-state index contributed by atoms with van der Waals surface area (Å²) < 4.78 is 2.06. The third-order valence-electron chi connectivity index (χ3n) is 3.32. The molecule has 0 aliphatic carbocycles. The molecule has 0 aliphatic rings. The highest BCUT2D eigenvalue weighted by Gasteiger charge is 2.06. The Labute approximate surface area is 121 Å². The van der Waals surface area contributed by atoms with E-state index in [4.69, 9.17) is 0 Å². The molecule has 0 saturated carbocycles. The quantitative estimate of drug-likeness (QED) is 0.801. The van der Waals surface area contributed by atoms with Gasteiger partial charge in [0.1, 0.15) is 11.6 Å². The van der Waals surface area contributed by atoms with Gasteiger partial charge >= 0.3 is 0 Å². The maximum atomic E-state index is 4.57. The highest BCUT2D eigenvalue weighted by Crippen LogP contribution is 2.15. The smallest absolute Gasteiger partial charge is 0.193 e. The van der Waals surface area contributed by atoms with Crippen molar-refractivity contribution in [1.29, 1.82) is 0 Å². The van der Waals surface area contributed by atoms with Gasteiger partial charge in [-0.05, 0) is 20.8 Å². The number of anilines is 1. The summed E-state index contributed by atoms with van der Waals surface area (Å²) in [5.74, 6) is 1.73. The Bertz CT molecular complexity index is 715. The first-order chi connectivity index (χ1) is 9.63. The summed E-state index contributed by atoms with van der Waals surface area (Å²) >= 11 is 1.66. The largest absolute Gasteiger partial charge is 0.369 e. The van der Waals surface area contributed by atoms with Gasteiger partial charge in [-0.25, -0.2) is 15.0 Å². The highest BCUT2D eigenvalue weighted by atomic mass is 32.1. The molecule has 1 N–H and O–H groups in total. The fourth-order valence-electron chi connectivity index (χ4n) is 2.15. The van der Waals surface area contributed by atoms with E-state index in [9.17, 15) is 0 Å². The van der Waals surface area contributed by atoms with E-state index < -0.39 is 0 Å². The molecule has 0 saturated heterocycles. The first kappa shape index (κ1) is 13.1. The van der Waals surface area contributed by atoms with Gasteiger partial charge in [-0.1, -0.05) is 0 Å². The number of nitrogens with one attached hydrogen (secondary N) is 1. The highest BCUT2D eigenvalue weighted by molar-refractivity contribution is 7.15. The predicted molar refractivity (Wildman–Crippen MR) is 81.5 cm³/mol. The van der Waals surface area contributed by atoms with E-state index in [1.807, 2.05) is 32.3 Å². The molecular formula is C14H17N5S. The van der Waals surface area contributed by atoms with Crippen LogP contribution in [0.4, 0.5) is 5.82 Å². The molecule has 0 unspecified atom stereocenters. The predicted octanol–water partition coefficient (Wildman–Crippen LogP) is 2.77. The second kappa shape index (κ2) is 5.20. The zero-order chi connectivity index (χ0) is 14.1. The summed E-state index contributed by atoms with van der Waals surface area (Å²) in [6.07, 6.45) is 5.00. The van der Waals surface area contributed by atoms with Crippen LogP contribution in [0, 0.1) is 20.8 Å². The van der Waals surface area contributed by atoms with Crippen LogP contribution in [0.25, 0.3) is 4.96 Å². The fourth-order valence-corrected chi connectivity index (χ4v) is 2.87. The van der Waals surface area contributed by atoms with E-state index in [0.29, 0.717) is 0 Å². The van der Waals surface area contributed by atoms with Crippen LogP contribution in [-0.4, -0.2) is 25.9 Å². The van der Waals surface area contributed by atoms with Gasteiger partial charge in [-0.3, -0.25) is 4.40 Å². The summed E-state index contributed by atoms with van der Waals surface area (Å²) in [6.45, 7) is 6.80. The Hall–Kier alpha value is -1.95. The van der Waals surface area contributed by atoms with Gasteiger partial charge in [0.15, 0.2) is 4.96 Å². The van der Waals surface area contributed by atoms with Crippen LogP contribution in [-0.2, 0) is 6.42 Å². The third-order valence-corrected chi connectivity index (χ3v) is 4.09. The molecule has 3 aromatic heterocycles. The average Bonchev–Trinajstić information content (AvgIpc) is 2.95. The molecule has 5 nitrogen and oxygen atoms in total. The van der Waals surface area contributed by atoms with E-state index in [2.05, 4.69) is 30.9 Å². The van der Waals surface area contributed by atoms with Gasteiger partial charge in [0, 0.05) is 42.0 Å². The number of rotatable bonds is 4. The van der Waals surface area contributed by atoms with Gasteiger partial charge in [0.05, 0.1) is 5.69 Å². The van der Waals surface area contributed by atoms with E-state index in [0.717, 1.165) is 46.5 Å². The molecule has 0 radical (unpaired) electrons. The second-order valence-electron chi connectivity index (χ2n) is 4.83. The van der Waals surface area contributed by atoms with Crippen LogP contribution in [0.3, 0.4) is 0 Å². The van der Waals surface area contributed by atoms with E-state index in [-0.39, 0.29) is 0 Å². The number of hydrogen-bond acceptors (Lipinski definition) is 5. The molecule has 0 spiro atoms. The van der Waals surface area contributed by atoms with Crippen LogP contribution >= 0.6 is 11.3 Å². The lowest BCUT2D eigenvalue weighted by atomic mass is 10.2. The number of thiazole rings is 1. The molecule has 0 aliphatic heterocycles. The molecule has 20 heavy (non-hydrogen) atoms. The first-order valence-electron chi connectivity index (χ1n) is 6.60. The number of fused-ring (bicyclic) bond motifs is 1. The maximum absolute atomic E-state index is 4.57. The van der Waals surface area contributed by atoms with Crippen molar-refractivity contribution in [3.8, 4) is 0 Å². The second-order valence-corrected chi connectivity index (χ2v) is 5.70.